The second-order valence-corrected chi connectivity index (χ2v) is 5.06. The molecule has 0 N–H and O–H groups in total. The number of carbonyl (C=O) groups excluding carboxylic acids is 2. The Kier molecular flexibility index (Phi) is 4.65. The summed E-state index contributed by atoms with van der Waals surface area (Å²) in [5.41, 5.74) is 1.63. The summed E-state index contributed by atoms with van der Waals surface area (Å²) in [7, 11) is 0. The minimum Gasteiger partial charge on any atom is -0.462 e. The molecule has 0 saturated heterocycles. The number of hydrogen-bond acceptors (Lipinski definition) is 6. The number of esters is 2. The van der Waals surface area contributed by atoms with E-state index in [1.165, 1.54) is 0 Å². The van der Waals surface area contributed by atoms with E-state index in [2.05, 4.69) is 0 Å². The fraction of sp³-hybridized carbons (Fsp3) is 0.222. The maximum absolute atomic E-state index is 12.1. The van der Waals surface area contributed by atoms with E-state index >= 15 is 0 Å². The van der Waals surface area contributed by atoms with Crippen LogP contribution in [0, 0.1) is 0 Å². The minimum atomic E-state index is -0.456. The largest absolute Gasteiger partial charge is 0.462 e. The zero-order valence-electron chi connectivity index (χ0n) is 13.1. The standard InChI is InChI=1S/C18H16O6/c1-2-21-17(19)13-5-3-12(4-6-13)10-22-18(20)14-7-8-15-16(9-14)24-11-23-15/h3-9H,2,10-11H2,1H3. The van der Waals surface area contributed by atoms with Gasteiger partial charge < -0.3 is 18.9 Å². The lowest BCUT2D eigenvalue weighted by Crippen LogP contribution is -2.06. The molecule has 0 spiro atoms. The van der Waals surface area contributed by atoms with Gasteiger partial charge in [-0.1, -0.05) is 12.1 Å². The predicted octanol–water partition coefficient (Wildman–Crippen LogP) is 2.95. The fourth-order valence-corrected chi connectivity index (χ4v) is 2.21. The van der Waals surface area contributed by atoms with Crippen molar-refractivity contribution in [3.8, 4) is 11.5 Å². The third kappa shape index (κ3) is 3.48. The number of rotatable bonds is 5. The third-order valence-corrected chi connectivity index (χ3v) is 3.44. The van der Waals surface area contributed by atoms with Crippen LogP contribution in [0.3, 0.4) is 0 Å². The van der Waals surface area contributed by atoms with Crippen LogP contribution in [0.5, 0.6) is 11.5 Å². The van der Waals surface area contributed by atoms with Crippen LogP contribution in [-0.4, -0.2) is 25.3 Å². The third-order valence-electron chi connectivity index (χ3n) is 3.44. The van der Waals surface area contributed by atoms with Crippen molar-refractivity contribution in [1.82, 2.24) is 0 Å². The zero-order valence-corrected chi connectivity index (χ0v) is 13.1. The summed E-state index contributed by atoms with van der Waals surface area (Å²) in [6.45, 7) is 2.34. The molecule has 2 aromatic rings. The fourth-order valence-electron chi connectivity index (χ4n) is 2.21. The predicted molar refractivity (Wildman–Crippen MR) is 84.1 cm³/mol. The van der Waals surface area contributed by atoms with Gasteiger partial charge in [0.1, 0.15) is 6.61 Å². The van der Waals surface area contributed by atoms with E-state index < -0.39 is 5.97 Å². The van der Waals surface area contributed by atoms with E-state index in [4.69, 9.17) is 18.9 Å². The Balaban J connectivity index is 1.59. The molecular formula is C18H16O6. The van der Waals surface area contributed by atoms with Crippen molar-refractivity contribution < 1.29 is 28.5 Å². The molecule has 24 heavy (non-hydrogen) atoms. The molecule has 0 amide bonds. The van der Waals surface area contributed by atoms with Gasteiger partial charge in [0.15, 0.2) is 11.5 Å². The van der Waals surface area contributed by atoms with E-state index in [1.807, 2.05) is 0 Å². The van der Waals surface area contributed by atoms with E-state index in [0.717, 1.165) is 5.56 Å². The summed E-state index contributed by atoms with van der Waals surface area (Å²) in [6, 6.07) is 11.6. The molecule has 1 heterocycles. The average molecular weight is 328 g/mol. The lowest BCUT2D eigenvalue weighted by molar-refractivity contribution is 0.0469. The van der Waals surface area contributed by atoms with Crippen molar-refractivity contribution in [3.05, 3.63) is 59.2 Å². The monoisotopic (exact) mass is 328 g/mol. The van der Waals surface area contributed by atoms with Gasteiger partial charge in [-0.25, -0.2) is 9.59 Å². The highest BCUT2D eigenvalue weighted by atomic mass is 16.7. The lowest BCUT2D eigenvalue weighted by Gasteiger charge is -2.07. The molecule has 0 aliphatic carbocycles. The molecule has 1 aliphatic rings. The summed E-state index contributed by atoms with van der Waals surface area (Å²) in [5, 5.41) is 0. The van der Waals surface area contributed by atoms with Crippen molar-refractivity contribution in [3.63, 3.8) is 0 Å². The zero-order chi connectivity index (χ0) is 16.9. The Morgan fingerprint density at radius 3 is 2.33 bits per heavy atom. The van der Waals surface area contributed by atoms with Gasteiger partial charge in [-0.05, 0) is 42.8 Å². The van der Waals surface area contributed by atoms with Crippen molar-refractivity contribution in [2.24, 2.45) is 0 Å². The number of hydrogen-bond donors (Lipinski definition) is 0. The molecule has 124 valence electrons. The molecule has 6 heteroatoms. The van der Waals surface area contributed by atoms with Crippen LogP contribution in [0.25, 0.3) is 0 Å². The molecular weight excluding hydrogens is 312 g/mol. The maximum Gasteiger partial charge on any atom is 0.338 e. The van der Waals surface area contributed by atoms with Gasteiger partial charge in [-0.3, -0.25) is 0 Å². The number of carbonyl (C=O) groups is 2. The van der Waals surface area contributed by atoms with Crippen molar-refractivity contribution in [2.75, 3.05) is 13.4 Å². The Morgan fingerprint density at radius 1 is 0.917 bits per heavy atom. The van der Waals surface area contributed by atoms with Gasteiger partial charge >= 0.3 is 11.9 Å². The van der Waals surface area contributed by atoms with Crippen LogP contribution >= 0.6 is 0 Å². The molecule has 0 unspecified atom stereocenters. The Bertz CT molecular complexity index is 751. The molecule has 0 bridgehead atoms. The van der Waals surface area contributed by atoms with Gasteiger partial charge in [0, 0.05) is 0 Å². The van der Waals surface area contributed by atoms with Crippen LogP contribution in [-0.2, 0) is 16.1 Å². The number of benzene rings is 2. The molecule has 0 fully saturated rings. The van der Waals surface area contributed by atoms with E-state index in [0.29, 0.717) is 29.2 Å². The van der Waals surface area contributed by atoms with Crippen LogP contribution < -0.4 is 9.47 Å². The summed E-state index contributed by atoms with van der Waals surface area (Å²) in [5.74, 6) is 0.313. The normalized spacial score (nSPS) is 11.9. The molecule has 2 aromatic carbocycles. The molecule has 0 atom stereocenters. The SMILES string of the molecule is CCOC(=O)c1ccc(COC(=O)c2ccc3c(c2)OCO3)cc1. The van der Waals surface area contributed by atoms with Crippen molar-refractivity contribution in [1.29, 1.82) is 0 Å². The first kappa shape index (κ1) is 15.9. The lowest BCUT2D eigenvalue weighted by atomic mass is 10.1. The van der Waals surface area contributed by atoms with Gasteiger partial charge in [0.05, 0.1) is 17.7 Å². The molecule has 3 rings (SSSR count). The van der Waals surface area contributed by atoms with Crippen LogP contribution in [0.1, 0.15) is 33.2 Å². The molecule has 1 aliphatic heterocycles. The van der Waals surface area contributed by atoms with Gasteiger partial charge in [0.25, 0.3) is 0 Å². The Morgan fingerprint density at radius 2 is 1.58 bits per heavy atom. The second kappa shape index (κ2) is 7.04. The first-order valence-corrected chi connectivity index (χ1v) is 7.50. The Labute approximate surface area is 138 Å². The molecule has 0 radical (unpaired) electrons. The second-order valence-electron chi connectivity index (χ2n) is 5.06. The van der Waals surface area contributed by atoms with Crippen LogP contribution in [0.15, 0.2) is 42.5 Å². The van der Waals surface area contributed by atoms with Crippen molar-refractivity contribution in [2.45, 2.75) is 13.5 Å². The molecule has 0 saturated carbocycles. The smallest absolute Gasteiger partial charge is 0.338 e. The highest BCUT2D eigenvalue weighted by molar-refractivity contribution is 5.90. The average Bonchev–Trinajstić information content (AvgIpc) is 3.08. The summed E-state index contributed by atoms with van der Waals surface area (Å²) in [6.07, 6.45) is 0. The summed E-state index contributed by atoms with van der Waals surface area (Å²) >= 11 is 0. The molecule has 0 aromatic heterocycles. The highest BCUT2D eigenvalue weighted by Gasteiger charge is 2.17. The van der Waals surface area contributed by atoms with Crippen LogP contribution in [0.2, 0.25) is 0 Å². The van der Waals surface area contributed by atoms with Gasteiger partial charge in [-0.15, -0.1) is 0 Å². The number of ether oxygens (including phenoxy) is 4. The minimum absolute atomic E-state index is 0.108. The first-order chi connectivity index (χ1) is 11.7. The number of fused-ring (bicyclic) bond motifs is 1. The molecule has 6 nitrogen and oxygen atoms in total. The quantitative estimate of drug-likeness (QED) is 0.786. The summed E-state index contributed by atoms with van der Waals surface area (Å²) in [4.78, 5) is 23.7. The van der Waals surface area contributed by atoms with Crippen molar-refractivity contribution >= 4 is 11.9 Å². The van der Waals surface area contributed by atoms with E-state index in [9.17, 15) is 9.59 Å². The van der Waals surface area contributed by atoms with E-state index in [-0.39, 0.29) is 19.4 Å². The first-order valence-electron chi connectivity index (χ1n) is 7.50. The topological polar surface area (TPSA) is 71.1 Å². The van der Waals surface area contributed by atoms with Gasteiger partial charge in [-0.2, -0.15) is 0 Å². The Hall–Kier alpha value is -3.02. The summed E-state index contributed by atoms with van der Waals surface area (Å²) < 4.78 is 20.6. The maximum atomic E-state index is 12.1. The van der Waals surface area contributed by atoms with E-state index in [1.54, 1.807) is 49.4 Å². The van der Waals surface area contributed by atoms with Crippen LogP contribution in [0.4, 0.5) is 0 Å². The van der Waals surface area contributed by atoms with Gasteiger partial charge in [0.2, 0.25) is 6.79 Å². The highest BCUT2D eigenvalue weighted by Crippen LogP contribution is 2.32.